The highest BCUT2D eigenvalue weighted by Crippen LogP contribution is 2.61. The normalized spacial score (nSPS) is 29.8. The van der Waals surface area contributed by atoms with Crippen LogP contribution >= 0.6 is 0 Å². The summed E-state index contributed by atoms with van der Waals surface area (Å²) in [5.41, 5.74) is 1.61. The summed E-state index contributed by atoms with van der Waals surface area (Å²) in [4.78, 5) is 11.6. The predicted octanol–water partition coefficient (Wildman–Crippen LogP) is 4.86. The van der Waals surface area contributed by atoms with E-state index in [2.05, 4.69) is 0 Å². The minimum atomic E-state index is -0.444. The molecule has 2 nitrogen and oxygen atoms in total. The molecular weight excluding hydrogens is 279 g/mol. The molecule has 3 saturated carbocycles. The molecule has 22 heavy (non-hydrogen) atoms. The second-order valence-corrected chi connectivity index (χ2v) is 7.50. The van der Waals surface area contributed by atoms with Crippen molar-refractivity contribution in [1.29, 1.82) is 0 Å². The number of hydrogen-bond acceptors (Lipinski definition) is 2. The van der Waals surface area contributed by atoms with Gasteiger partial charge in [0.15, 0.2) is 5.78 Å². The van der Waals surface area contributed by atoms with E-state index in [0.717, 1.165) is 30.9 Å². The van der Waals surface area contributed by atoms with E-state index in [-0.39, 0.29) is 11.3 Å². The Kier molecular flexibility index (Phi) is 3.28. The van der Waals surface area contributed by atoms with E-state index >= 15 is 0 Å². The van der Waals surface area contributed by atoms with Crippen molar-refractivity contribution in [2.75, 3.05) is 6.61 Å². The molecule has 0 radical (unpaired) electrons. The molecule has 2 unspecified atom stereocenters. The number of carbonyl (C=O) groups excluding carboxylic acids is 1. The molecule has 2 atom stereocenters. The van der Waals surface area contributed by atoms with E-state index in [1.165, 1.54) is 45.1 Å². The molecule has 0 aliphatic heterocycles. The fourth-order valence-corrected chi connectivity index (χ4v) is 4.16. The van der Waals surface area contributed by atoms with E-state index in [1.54, 1.807) is 6.07 Å². The molecule has 118 valence electrons. The summed E-state index contributed by atoms with van der Waals surface area (Å²) in [7, 11) is 0. The van der Waals surface area contributed by atoms with Crippen LogP contribution in [-0.4, -0.2) is 12.4 Å². The van der Waals surface area contributed by atoms with Gasteiger partial charge in [-0.25, -0.2) is 4.39 Å². The van der Waals surface area contributed by atoms with Crippen LogP contribution in [-0.2, 0) is 0 Å². The highest BCUT2D eigenvalue weighted by Gasteiger charge is 2.55. The topological polar surface area (TPSA) is 26.3 Å². The summed E-state index contributed by atoms with van der Waals surface area (Å²) in [6.07, 6.45) is 8.75. The van der Waals surface area contributed by atoms with Crippen molar-refractivity contribution in [3.63, 3.8) is 0 Å². The number of fused-ring (bicyclic) bond motifs is 1. The Morgan fingerprint density at radius 3 is 2.82 bits per heavy atom. The SMILES string of the molecule is CC(=O)c1cc(C2CC2)c(OCC23CCCCC2C3)cc1F. The molecule has 4 rings (SSSR count). The van der Waals surface area contributed by atoms with E-state index < -0.39 is 5.82 Å². The van der Waals surface area contributed by atoms with Gasteiger partial charge in [0.05, 0.1) is 12.2 Å². The number of benzene rings is 1. The third kappa shape index (κ3) is 2.45. The van der Waals surface area contributed by atoms with Crippen molar-refractivity contribution in [1.82, 2.24) is 0 Å². The molecular formula is C19H23FO2. The van der Waals surface area contributed by atoms with Gasteiger partial charge in [-0.05, 0) is 62.5 Å². The molecule has 0 spiro atoms. The molecule has 3 heteroatoms. The zero-order valence-corrected chi connectivity index (χ0v) is 13.2. The van der Waals surface area contributed by atoms with Crippen LogP contribution in [0.3, 0.4) is 0 Å². The highest BCUT2D eigenvalue weighted by molar-refractivity contribution is 5.94. The number of rotatable bonds is 5. The fourth-order valence-electron chi connectivity index (χ4n) is 4.16. The molecule has 0 N–H and O–H groups in total. The summed E-state index contributed by atoms with van der Waals surface area (Å²) in [5, 5.41) is 0. The maximum Gasteiger partial charge on any atom is 0.162 e. The van der Waals surface area contributed by atoms with Crippen molar-refractivity contribution in [2.45, 2.75) is 57.8 Å². The van der Waals surface area contributed by atoms with Gasteiger partial charge < -0.3 is 4.74 Å². The van der Waals surface area contributed by atoms with Crippen LogP contribution in [0.5, 0.6) is 5.75 Å². The van der Waals surface area contributed by atoms with Gasteiger partial charge in [0, 0.05) is 11.5 Å². The first-order chi connectivity index (χ1) is 10.6. The highest BCUT2D eigenvalue weighted by atomic mass is 19.1. The molecule has 3 fully saturated rings. The van der Waals surface area contributed by atoms with Crippen molar-refractivity contribution in [3.05, 3.63) is 29.1 Å². The van der Waals surface area contributed by atoms with Crippen molar-refractivity contribution >= 4 is 5.78 Å². The van der Waals surface area contributed by atoms with Gasteiger partial charge in [0.25, 0.3) is 0 Å². The van der Waals surface area contributed by atoms with Crippen LogP contribution in [0, 0.1) is 17.2 Å². The van der Waals surface area contributed by atoms with Gasteiger partial charge in [-0.15, -0.1) is 0 Å². The number of Topliss-reactive ketones (excluding diaryl/α,β-unsaturated/α-hetero) is 1. The maximum atomic E-state index is 14.1. The molecule has 1 aromatic rings. The lowest BCUT2D eigenvalue weighted by Crippen LogP contribution is -2.19. The van der Waals surface area contributed by atoms with Crippen LogP contribution < -0.4 is 4.74 Å². The smallest absolute Gasteiger partial charge is 0.162 e. The predicted molar refractivity (Wildman–Crippen MR) is 82.9 cm³/mol. The van der Waals surface area contributed by atoms with Gasteiger partial charge in [-0.1, -0.05) is 12.8 Å². The molecule has 0 amide bonds. The molecule has 0 heterocycles. The summed E-state index contributed by atoms with van der Waals surface area (Å²) in [5.74, 6) is 1.30. The first kappa shape index (κ1) is 14.2. The summed E-state index contributed by atoms with van der Waals surface area (Å²) < 4.78 is 20.2. The van der Waals surface area contributed by atoms with Crippen molar-refractivity contribution in [2.24, 2.45) is 11.3 Å². The second-order valence-electron chi connectivity index (χ2n) is 7.50. The maximum absolute atomic E-state index is 14.1. The van der Waals surface area contributed by atoms with Crippen LogP contribution in [0.1, 0.15) is 73.7 Å². The Bertz CT molecular complexity index is 620. The molecule has 3 aliphatic carbocycles. The largest absolute Gasteiger partial charge is 0.493 e. The lowest BCUT2D eigenvalue weighted by atomic mass is 9.89. The average Bonchev–Trinajstić information content (AvgIpc) is 3.37. The summed E-state index contributed by atoms with van der Waals surface area (Å²) in [6, 6.07) is 3.18. The third-order valence-corrected chi connectivity index (χ3v) is 5.85. The van der Waals surface area contributed by atoms with Crippen LogP contribution in [0.2, 0.25) is 0 Å². The van der Waals surface area contributed by atoms with Crippen LogP contribution in [0.4, 0.5) is 4.39 Å². The fraction of sp³-hybridized carbons (Fsp3) is 0.632. The number of halogens is 1. The zero-order chi connectivity index (χ0) is 15.3. The molecule has 3 aliphatic rings. The van der Waals surface area contributed by atoms with Gasteiger partial charge in [-0.2, -0.15) is 0 Å². The standard InChI is InChI=1S/C19H23FO2/c1-12(21)15-8-16(13-5-6-13)18(9-17(15)20)22-11-19-7-3-2-4-14(19)10-19/h8-9,13-14H,2-7,10-11H2,1H3. The minimum Gasteiger partial charge on any atom is -0.493 e. The molecule has 0 aromatic heterocycles. The van der Waals surface area contributed by atoms with E-state index in [0.29, 0.717) is 17.1 Å². The van der Waals surface area contributed by atoms with Gasteiger partial charge in [0.1, 0.15) is 11.6 Å². The Morgan fingerprint density at radius 1 is 1.32 bits per heavy atom. The number of ether oxygens (including phenoxy) is 1. The molecule has 0 bridgehead atoms. The van der Waals surface area contributed by atoms with Gasteiger partial charge in [-0.3, -0.25) is 4.79 Å². The number of hydrogen-bond donors (Lipinski definition) is 0. The van der Waals surface area contributed by atoms with Gasteiger partial charge >= 0.3 is 0 Å². The number of carbonyl (C=O) groups is 1. The number of ketones is 1. The van der Waals surface area contributed by atoms with Crippen molar-refractivity contribution < 1.29 is 13.9 Å². The Morgan fingerprint density at radius 2 is 2.14 bits per heavy atom. The lowest BCUT2D eigenvalue weighted by Gasteiger charge is -2.23. The third-order valence-electron chi connectivity index (χ3n) is 5.85. The second kappa shape index (κ2) is 5.07. The first-order valence-electron chi connectivity index (χ1n) is 8.56. The van der Waals surface area contributed by atoms with Crippen LogP contribution in [0.25, 0.3) is 0 Å². The Labute approximate surface area is 131 Å². The van der Waals surface area contributed by atoms with Gasteiger partial charge in [0.2, 0.25) is 0 Å². The Hall–Kier alpha value is -1.38. The van der Waals surface area contributed by atoms with Crippen molar-refractivity contribution in [3.8, 4) is 5.75 Å². The van der Waals surface area contributed by atoms with Crippen LogP contribution in [0.15, 0.2) is 12.1 Å². The quantitative estimate of drug-likeness (QED) is 0.726. The summed E-state index contributed by atoms with van der Waals surface area (Å²) in [6.45, 7) is 2.14. The summed E-state index contributed by atoms with van der Waals surface area (Å²) >= 11 is 0. The van der Waals surface area contributed by atoms with E-state index in [9.17, 15) is 9.18 Å². The first-order valence-corrected chi connectivity index (χ1v) is 8.56. The Balaban J connectivity index is 1.56. The monoisotopic (exact) mass is 302 g/mol. The molecule has 0 saturated heterocycles. The van der Waals surface area contributed by atoms with E-state index in [4.69, 9.17) is 4.74 Å². The lowest BCUT2D eigenvalue weighted by molar-refractivity contribution is 0.101. The minimum absolute atomic E-state index is 0.203. The zero-order valence-electron chi connectivity index (χ0n) is 13.2. The molecule has 1 aromatic carbocycles. The average molecular weight is 302 g/mol. The van der Waals surface area contributed by atoms with E-state index in [1.807, 2.05) is 0 Å².